The van der Waals surface area contributed by atoms with Crippen molar-refractivity contribution < 1.29 is 19.1 Å². The van der Waals surface area contributed by atoms with Gasteiger partial charge >= 0.3 is 0 Å². The quantitative estimate of drug-likeness (QED) is 0.510. The maximum Gasteiger partial charge on any atom is 0.243 e. The molecule has 0 aromatic heterocycles. The van der Waals surface area contributed by atoms with Gasteiger partial charge < -0.3 is 25.4 Å². The van der Waals surface area contributed by atoms with Gasteiger partial charge in [0.1, 0.15) is 12.4 Å². The van der Waals surface area contributed by atoms with Crippen LogP contribution in [0.2, 0.25) is 0 Å². The summed E-state index contributed by atoms with van der Waals surface area (Å²) in [5.74, 6) is 0.426. The summed E-state index contributed by atoms with van der Waals surface area (Å²) in [7, 11) is 0. The second-order valence-electron chi connectivity index (χ2n) is 7.76. The van der Waals surface area contributed by atoms with Gasteiger partial charge in [-0.2, -0.15) is 0 Å². The molecule has 0 aliphatic carbocycles. The Morgan fingerprint density at radius 1 is 0.900 bits per heavy atom. The standard InChI is InChI=1S/C23H31N3O4/c1-5-29-12-13-30-20-11-7-8-17(15-20)24-16-21(27)25-18-9-6-10-19(14-18)26-22(28)23(2,3)4/h6-11,14-15,24H,5,12-13,16H2,1-4H3,(H,25,27)(H,26,28). The molecule has 7 heteroatoms. The van der Waals surface area contributed by atoms with E-state index < -0.39 is 5.41 Å². The molecular weight excluding hydrogens is 382 g/mol. The lowest BCUT2D eigenvalue weighted by molar-refractivity contribution is -0.123. The molecule has 0 aliphatic heterocycles. The van der Waals surface area contributed by atoms with E-state index in [1.165, 1.54) is 0 Å². The Morgan fingerprint density at radius 2 is 1.57 bits per heavy atom. The van der Waals surface area contributed by atoms with E-state index in [0.29, 0.717) is 36.9 Å². The predicted octanol–water partition coefficient (Wildman–Crippen LogP) is 4.14. The van der Waals surface area contributed by atoms with Crippen molar-refractivity contribution in [3.63, 3.8) is 0 Å². The summed E-state index contributed by atoms with van der Waals surface area (Å²) in [5.41, 5.74) is 1.54. The van der Waals surface area contributed by atoms with Crippen molar-refractivity contribution in [3.05, 3.63) is 48.5 Å². The fraction of sp³-hybridized carbons (Fsp3) is 0.391. The summed E-state index contributed by atoms with van der Waals surface area (Å²) in [6.07, 6.45) is 0. The number of carbonyl (C=O) groups is 2. The Morgan fingerprint density at radius 3 is 2.27 bits per heavy atom. The van der Waals surface area contributed by atoms with Crippen LogP contribution in [-0.4, -0.2) is 38.2 Å². The minimum atomic E-state index is -0.496. The van der Waals surface area contributed by atoms with Crippen molar-refractivity contribution in [2.75, 3.05) is 42.3 Å². The molecule has 7 nitrogen and oxygen atoms in total. The van der Waals surface area contributed by atoms with Crippen LogP contribution >= 0.6 is 0 Å². The molecule has 0 bridgehead atoms. The van der Waals surface area contributed by atoms with Crippen LogP contribution in [0.3, 0.4) is 0 Å². The molecule has 2 rings (SSSR count). The molecule has 0 spiro atoms. The minimum absolute atomic E-state index is 0.0870. The highest BCUT2D eigenvalue weighted by molar-refractivity contribution is 5.97. The van der Waals surface area contributed by atoms with Crippen molar-refractivity contribution >= 4 is 28.9 Å². The summed E-state index contributed by atoms with van der Waals surface area (Å²) in [4.78, 5) is 24.4. The fourth-order valence-electron chi connectivity index (χ4n) is 2.44. The summed E-state index contributed by atoms with van der Waals surface area (Å²) < 4.78 is 10.9. The Kier molecular flexibility index (Phi) is 8.68. The zero-order valence-corrected chi connectivity index (χ0v) is 18.1. The highest BCUT2D eigenvalue weighted by Gasteiger charge is 2.21. The monoisotopic (exact) mass is 413 g/mol. The Balaban J connectivity index is 1.85. The number of ether oxygens (including phenoxy) is 2. The van der Waals surface area contributed by atoms with Crippen LogP contribution in [0.4, 0.5) is 17.1 Å². The number of hydrogen-bond acceptors (Lipinski definition) is 5. The van der Waals surface area contributed by atoms with Crippen LogP contribution in [0.25, 0.3) is 0 Å². The van der Waals surface area contributed by atoms with E-state index in [1.54, 1.807) is 24.3 Å². The molecule has 0 aliphatic rings. The second-order valence-corrected chi connectivity index (χ2v) is 7.76. The zero-order chi connectivity index (χ0) is 22.0. The van der Waals surface area contributed by atoms with Crippen LogP contribution in [0.5, 0.6) is 5.75 Å². The lowest BCUT2D eigenvalue weighted by Gasteiger charge is -2.18. The number of rotatable bonds is 10. The van der Waals surface area contributed by atoms with Crippen LogP contribution in [0.1, 0.15) is 27.7 Å². The van der Waals surface area contributed by atoms with Gasteiger partial charge in [0, 0.05) is 35.2 Å². The first-order valence-corrected chi connectivity index (χ1v) is 10.0. The Hall–Kier alpha value is -3.06. The minimum Gasteiger partial charge on any atom is -0.491 e. The van der Waals surface area contributed by atoms with E-state index in [4.69, 9.17) is 9.47 Å². The molecule has 0 saturated carbocycles. The SMILES string of the molecule is CCOCCOc1cccc(NCC(=O)Nc2cccc(NC(=O)C(C)(C)C)c2)c1. The lowest BCUT2D eigenvalue weighted by atomic mass is 9.95. The third-order valence-electron chi connectivity index (χ3n) is 4.07. The largest absolute Gasteiger partial charge is 0.491 e. The zero-order valence-electron chi connectivity index (χ0n) is 18.1. The van der Waals surface area contributed by atoms with E-state index in [-0.39, 0.29) is 18.4 Å². The number of anilines is 3. The van der Waals surface area contributed by atoms with Crippen LogP contribution in [0, 0.1) is 5.41 Å². The normalized spacial score (nSPS) is 10.9. The van der Waals surface area contributed by atoms with E-state index >= 15 is 0 Å². The first-order chi connectivity index (χ1) is 14.3. The van der Waals surface area contributed by atoms with Crippen molar-refractivity contribution in [3.8, 4) is 5.75 Å². The van der Waals surface area contributed by atoms with Crippen molar-refractivity contribution in [1.82, 2.24) is 0 Å². The van der Waals surface area contributed by atoms with Crippen molar-refractivity contribution in [2.45, 2.75) is 27.7 Å². The molecule has 2 amide bonds. The van der Waals surface area contributed by atoms with E-state index in [0.717, 1.165) is 5.69 Å². The van der Waals surface area contributed by atoms with E-state index in [1.807, 2.05) is 52.0 Å². The molecule has 30 heavy (non-hydrogen) atoms. The van der Waals surface area contributed by atoms with Gasteiger partial charge in [-0.1, -0.05) is 32.9 Å². The van der Waals surface area contributed by atoms with Gasteiger partial charge in [-0.3, -0.25) is 9.59 Å². The average Bonchev–Trinajstić information content (AvgIpc) is 2.70. The summed E-state index contributed by atoms with van der Waals surface area (Å²) >= 11 is 0. The van der Waals surface area contributed by atoms with Gasteiger partial charge in [-0.25, -0.2) is 0 Å². The number of benzene rings is 2. The molecule has 2 aromatic carbocycles. The maximum atomic E-state index is 12.3. The van der Waals surface area contributed by atoms with Gasteiger partial charge in [-0.05, 0) is 37.3 Å². The maximum absolute atomic E-state index is 12.3. The molecular formula is C23H31N3O4. The molecule has 0 radical (unpaired) electrons. The topological polar surface area (TPSA) is 88.7 Å². The van der Waals surface area contributed by atoms with Gasteiger partial charge in [0.05, 0.1) is 13.2 Å². The smallest absolute Gasteiger partial charge is 0.243 e. The first-order valence-electron chi connectivity index (χ1n) is 10.0. The molecule has 0 atom stereocenters. The number of nitrogens with one attached hydrogen (secondary N) is 3. The summed E-state index contributed by atoms with van der Waals surface area (Å²) in [6, 6.07) is 14.5. The average molecular weight is 414 g/mol. The molecule has 3 N–H and O–H groups in total. The van der Waals surface area contributed by atoms with Gasteiger partial charge in [0.15, 0.2) is 0 Å². The number of hydrogen-bond donors (Lipinski definition) is 3. The van der Waals surface area contributed by atoms with Gasteiger partial charge in [0.25, 0.3) is 0 Å². The fourth-order valence-corrected chi connectivity index (χ4v) is 2.44. The van der Waals surface area contributed by atoms with Crippen LogP contribution < -0.4 is 20.7 Å². The second kappa shape index (κ2) is 11.2. The lowest BCUT2D eigenvalue weighted by Crippen LogP contribution is -2.27. The predicted molar refractivity (Wildman–Crippen MR) is 120 cm³/mol. The number of amides is 2. The van der Waals surface area contributed by atoms with E-state index in [2.05, 4.69) is 16.0 Å². The molecule has 2 aromatic rings. The van der Waals surface area contributed by atoms with Gasteiger partial charge in [0.2, 0.25) is 11.8 Å². The highest BCUT2D eigenvalue weighted by Crippen LogP contribution is 2.20. The molecule has 0 unspecified atom stereocenters. The number of carbonyl (C=O) groups excluding carboxylic acids is 2. The summed E-state index contributed by atoms with van der Waals surface area (Å²) in [5, 5.41) is 8.76. The molecule has 162 valence electrons. The first kappa shape index (κ1) is 23.2. The third-order valence-corrected chi connectivity index (χ3v) is 4.07. The molecule has 0 fully saturated rings. The summed E-state index contributed by atoms with van der Waals surface area (Å²) in [6.45, 7) is 9.24. The van der Waals surface area contributed by atoms with Crippen molar-refractivity contribution in [2.24, 2.45) is 5.41 Å². The van der Waals surface area contributed by atoms with Crippen LogP contribution in [0.15, 0.2) is 48.5 Å². The highest BCUT2D eigenvalue weighted by atomic mass is 16.5. The molecule has 0 heterocycles. The molecule has 0 saturated heterocycles. The van der Waals surface area contributed by atoms with Gasteiger partial charge in [-0.15, -0.1) is 0 Å². The Bertz CT molecular complexity index is 846. The van der Waals surface area contributed by atoms with Crippen LogP contribution in [-0.2, 0) is 14.3 Å². The third kappa shape index (κ3) is 8.13. The van der Waals surface area contributed by atoms with E-state index in [9.17, 15) is 9.59 Å². The Labute approximate surface area is 178 Å². The van der Waals surface area contributed by atoms with Crippen molar-refractivity contribution in [1.29, 1.82) is 0 Å².